The predicted octanol–water partition coefficient (Wildman–Crippen LogP) is 3.83. The van der Waals surface area contributed by atoms with Gasteiger partial charge < -0.3 is 14.2 Å². The second-order valence-electron chi connectivity index (χ2n) is 6.31. The van der Waals surface area contributed by atoms with Crippen LogP contribution in [0, 0.1) is 0 Å². The van der Waals surface area contributed by atoms with Gasteiger partial charge in [-0.1, -0.05) is 35.5 Å². The van der Waals surface area contributed by atoms with Crippen LogP contribution in [0.4, 0.5) is 5.69 Å². The highest BCUT2D eigenvalue weighted by atomic mass is 16.5. The van der Waals surface area contributed by atoms with E-state index >= 15 is 0 Å². The van der Waals surface area contributed by atoms with Gasteiger partial charge in [-0.15, -0.1) is 0 Å². The summed E-state index contributed by atoms with van der Waals surface area (Å²) in [6, 6.07) is 15.7. The Morgan fingerprint density at radius 3 is 2.88 bits per heavy atom. The lowest BCUT2D eigenvalue weighted by Gasteiger charge is -2.29. The average molecular weight is 332 g/mol. The minimum Gasteiger partial charge on any atom is -0.488 e. The van der Waals surface area contributed by atoms with Gasteiger partial charge in [-0.3, -0.25) is 4.79 Å². The van der Waals surface area contributed by atoms with Crippen molar-refractivity contribution in [2.45, 2.75) is 19.4 Å². The lowest BCUT2D eigenvalue weighted by Crippen LogP contribution is -2.36. The molecule has 0 bridgehead atoms. The molecule has 2 aliphatic rings. The first kappa shape index (κ1) is 14.3. The van der Waals surface area contributed by atoms with Gasteiger partial charge in [0.25, 0.3) is 5.91 Å². The summed E-state index contributed by atoms with van der Waals surface area (Å²) in [6.07, 6.45) is 1.94. The minimum atomic E-state index is -0.125. The number of hydrogen-bond donors (Lipinski definition) is 0. The van der Waals surface area contributed by atoms with Crippen LogP contribution in [0.5, 0.6) is 5.75 Å². The predicted molar refractivity (Wildman–Crippen MR) is 92.7 cm³/mol. The number of hydrogen-bond acceptors (Lipinski definition) is 4. The first-order valence-corrected chi connectivity index (χ1v) is 8.43. The van der Waals surface area contributed by atoms with E-state index < -0.39 is 0 Å². The molecule has 0 saturated carbocycles. The lowest BCUT2D eigenvalue weighted by molar-refractivity contribution is 0.0974. The summed E-state index contributed by atoms with van der Waals surface area (Å²) in [5, 5.41) is 4.10. The quantitative estimate of drug-likeness (QED) is 0.680. The molecule has 5 heteroatoms. The van der Waals surface area contributed by atoms with Crippen LogP contribution in [0.2, 0.25) is 0 Å². The summed E-state index contributed by atoms with van der Waals surface area (Å²) in [5.41, 5.74) is 4.08. The van der Waals surface area contributed by atoms with Crippen molar-refractivity contribution in [2.24, 2.45) is 0 Å². The maximum atomic E-state index is 13.2. The van der Waals surface area contributed by atoms with Gasteiger partial charge in [0.05, 0.1) is 11.1 Å². The Morgan fingerprint density at radius 1 is 1.08 bits per heavy atom. The molecule has 1 aromatic heterocycles. The third kappa shape index (κ3) is 2.16. The molecule has 0 aliphatic carbocycles. The molecule has 2 aliphatic heterocycles. The van der Waals surface area contributed by atoms with E-state index in [9.17, 15) is 4.79 Å². The monoisotopic (exact) mass is 332 g/mol. The van der Waals surface area contributed by atoms with Crippen molar-refractivity contribution in [3.63, 3.8) is 0 Å². The SMILES string of the molecule is O=C(c1noc2c1COc1ccccc1-2)N1CCCc2ccccc21. The van der Waals surface area contributed by atoms with Crippen LogP contribution in [-0.2, 0) is 13.0 Å². The fourth-order valence-corrected chi connectivity index (χ4v) is 3.63. The molecule has 0 unspecified atom stereocenters. The van der Waals surface area contributed by atoms with Gasteiger partial charge in [0.2, 0.25) is 0 Å². The molecule has 2 aromatic carbocycles. The zero-order valence-electron chi connectivity index (χ0n) is 13.6. The molecular weight excluding hydrogens is 316 g/mol. The second kappa shape index (κ2) is 5.48. The third-order valence-corrected chi connectivity index (χ3v) is 4.85. The van der Waals surface area contributed by atoms with Crippen molar-refractivity contribution in [3.8, 4) is 17.1 Å². The number of anilines is 1. The van der Waals surface area contributed by atoms with Crippen LogP contribution in [0.3, 0.4) is 0 Å². The lowest BCUT2D eigenvalue weighted by atomic mass is 10.00. The summed E-state index contributed by atoms with van der Waals surface area (Å²) in [7, 11) is 0. The molecule has 3 heterocycles. The Bertz CT molecular complexity index is 977. The highest BCUT2D eigenvalue weighted by Crippen LogP contribution is 2.39. The maximum absolute atomic E-state index is 13.2. The second-order valence-corrected chi connectivity index (χ2v) is 6.31. The highest BCUT2D eigenvalue weighted by molar-refractivity contribution is 6.07. The Labute approximate surface area is 144 Å². The number of carbonyl (C=O) groups is 1. The summed E-state index contributed by atoms with van der Waals surface area (Å²) in [6.45, 7) is 0.987. The molecule has 5 rings (SSSR count). The Balaban J connectivity index is 1.56. The van der Waals surface area contributed by atoms with Crippen LogP contribution < -0.4 is 9.64 Å². The molecule has 1 amide bonds. The van der Waals surface area contributed by atoms with Crippen molar-refractivity contribution in [2.75, 3.05) is 11.4 Å². The van der Waals surface area contributed by atoms with Gasteiger partial charge in [-0.05, 0) is 36.6 Å². The number of para-hydroxylation sites is 2. The zero-order chi connectivity index (χ0) is 16.8. The van der Waals surface area contributed by atoms with Gasteiger partial charge in [0, 0.05) is 12.2 Å². The topological polar surface area (TPSA) is 55.6 Å². The first-order valence-electron chi connectivity index (χ1n) is 8.43. The van der Waals surface area contributed by atoms with Gasteiger partial charge in [-0.2, -0.15) is 0 Å². The smallest absolute Gasteiger partial charge is 0.280 e. The van der Waals surface area contributed by atoms with E-state index in [4.69, 9.17) is 9.26 Å². The maximum Gasteiger partial charge on any atom is 0.280 e. The molecule has 124 valence electrons. The van der Waals surface area contributed by atoms with Gasteiger partial charge in [0.15, 0.2) is 11.5 Å². The molecule has 0 fully saturated rings. The summed E-state index contributed by atoms with van der Waals surface area (Å²) in [4.78, 5) is 15.0. The van der Waals surface area contributed by atoms with E-state index in [1.807, 2.05) is 42.5 Å². The Hall–Kier alpha value is -3.08. The number of nitrogens with zero attached hydrogens (tertiary/aromatic N) is 2. The molecule has 5 nitrogen and oxygen atoms in total. The number of aromatic nitrogens is 1. The first-order chi connectivity index (χ1) is 12.3. The number of fused-ring (bicyclic) bond motifs is 4. The van der Waals surface area contributed by atoms with Gasteiger partial charge in [-0.25, -0.2) is 0 Å². The molecule has 3 aromatic rings. The summed E-state index contributed by atoms with van der Waals surface area (Å²) >= 11 is 0. The van der Waals surface area contributed by atoms with Crippen molar-refractivity contribution in [3.05, 3.63) is 65.4 Å². The minimum absolute atomic E-state index is 0.125. The fourth-order valence-electron chi connectivity index (χ4n) is 3.63. The number of carbonyl (C=O) groups excluding carboxylic acids is 1. The zero-order valence-corrected chi connectivity index (χ0v) is 13.6. The standard InChI is InChI=1S/C20H16N2O3/c23-20(22-11-5-7-13-6-1-3-9-16(13)22)18-15-12-24-17-10-4-2-8-14(17)19(15)25-21-18/h1-4,6,8-10H,5,7,11-12H2. The molecular formula is C20H16N2O3. The van der Waals surface area contributed by atoms with Crippen molar-refractivity contribution >= 4 is 11.6 Å². The van der Waals surface area contributed by atoms with E-state index in [-0.39, 0.29) is 5.91 Å². The average Bonchev–Trinajstić information content (AvgIpc) is 3.11. The van der Waals surface area contributed by atoms with Crippen LogP contribution in [0.15, 0.2) is 53.1 Å². The number of aryl methyl sites for hydroxylation is 1. The highest BCUT2D eigenvalue weighted by Gasteiger charge is 2.32. The van der Waals surface area contributed by atoms with Crippen LogP contribution >= 0.6 is 0 Å². The van der Waals surface area contributed by atoms with Gasteiger partial charge >= 0.3 is 0 Å². The van der Waals surface area contributed by atoms with E-state index in [0.29, 0.717) is 24.6 Å². The summed E-state index contributed by atoms with van der Waals surface area (Å²) < 4.78 is 11.3. The van der Waals surface area contributed by atoms with E-state index in [1.54, 1.807) is 4.90 Å². The largest absolute Gasteiger partial charge is 0.488 e. The van der Waals surface area contributed by atoms with E-state index in [2.05, 4.69) is 11.2 Å². The normalized spacial score (nSPS) is 15.0. The number of ether oxygens (including phenoxy) is 1. The van der Waals surface area contributed by atoms with Crippen LogP contribution in [0.25, 0.3) is 11.3 Å². The van der Waals surface area contributed by atoms with Crippen molar-refractivity contribution in [1.29, 1.82) is 0 Å². The fraction of sp³-hybridized carbons (Fsp3) is 0.200. The van der Waals surface area contributed by atoms with Crippen molar-refractivity contribution in [1.82, 2.24) is 5.16 Å². The van der Waals surface area contributed by atoms with Gasteiger partial charge in [0.1, 0.15) is 12.4 Å². The van der Waals surface area contributed by atoms with Crippen LogP contribution in [0.1, 0.15) is 28.0 Å². The number of amides is 1. The third-order valence-electron chi connectivity index (χ3n) is 4.85. The molecule has 0 atom stereocenters. The molecule has 0 N–H and O–H groups in total. The number of rotatable bonds is 1. The molecule has 0 spiro atoms. The Morgan fingerprint density at radius 2 is 1.92 bits per heavy atom. The Kier molecular flexibility index (Phi) is 3.13. The van der Waals surface area contributed by atoms with Crippen molar-refractivity contribution < 1.29 is 14.1 Å². The molecule has 25 heavy (non-hydrogen) atoms. The molecule has 0 saturated heterocycles. The summed E-state index contributed by atoms with van der Waals surface area (Å²) in [5.74, 6) is 1.27. The number of benzene rings is 2. The van der Waals surface area contributed by atoms with Crippen LogP contribution in [-0.4, -0.2) is 17.6 Å². The van der Waals surface area contributed by atoms with E-state index in [1.165, 1.54) is 5.56 Å². The molecule has 0 radical (unpaired) electrons. The van der Waals surface area contributed by atoms with E-state index in [0.717, 1.165) is 35.4 Å².